The second kappa shape index (κ2) is 11.3. The summed E-state index contributed by atoms with van der Waals surface area (Å²) in [5, 5.41) is 5.56. The molecule has 1 aromatic heterocycles. The minimum Gasteiger partial charge on any atom is -0.496 e. The average Bonchev–Trinajstić information content (AvgIpc) is 2.78. The van der Waals surface area contributed by atoms with Crippen molar-refractivity contribution in [2.45, 2.75) is 31.3 Å². The van der Waals surface area contributed by atoms with Crippen LogP contribution in [0.25, 0.3) is 0 Å². The maximum absolute atomic E-state index is 12.8. The van der Waals surface area contributed by atoms with Crippen molar-refractivity contribution in [2.75, 3.05) is 38.6 Å². The van der Waals surface area contributed by atoms with E-state index >= 15 is 0 Å². The molecule has 2 N–H and O–H groups in total. The molecule has 0 radical (unpaired) electrons. The number of nitrogens with zero attached hydrogens (tertiary/aromatic N) is 2. The van der Waals surface area contributed by atoms with Crippen LogP contribution in [0.4, 0.5) is 19.0 Å². The minimum absolute atomic E-state index is 0.00723. The molecule has 2 aromatic rings. The summed E-state index contributed by atoms with van der Waals surface area (Å²) in [5.41, 5.74) is -0.748. The molecule has 0 aliphatic heterocycles. The van der Waals surface area contributed by atoms with Crippen LogP contribution in [0.15, 0.2) is 41.4 Å². The molecule has 1 aromatic carbocycles. The molecule has 0 spiro atoms. The van der Waals surface area contributed by atoms with E-state index in [0.29, 0.717) is 26.1 Å². The fourth-order valence-electron chi connectivity index (χ4n) is 3.01. The van der Waals surface area contributed by atoms with Gasteiger partial charge >= 0.3 is 6.18 Å². The van der Waals surface area contributed by atoms with Crippen LogP contribution in [-0.4, -0.2) is 56.9 Å². The molecule has 0 unspecified atom stereocenters. The van der Waals surface area contributed by atoms with Crippen LogP contribution in [0.2, 0.25) is 0 Å². The number of ether oxygens (including phenoxy) is 1. The van der Waals surface area contributed by atoms with E-state index in [1.54, 1.807) is 13.8 Å². The summed E-state index contributed by atoms with van der Waals surface area (Å²) in [6, 6.07) is 6.27. The number of carbonyl (C=O) groups excluding carboxylic acids is 1. The number of benzene rings is 1. The zero-order valence-electron chi connectivity index (χ0n) is 18.6. The molecular formula is C21H27F3N4O4S. The number of hydrogen-bond donors (Lipinski definition) is 2. The molecule has 0 aliphatic rings. The number of sulfonamides is 1. The van der Waals surface area contributed by atoms with Crippen LogP contribution in [0.3, 0.4) is 0 Å². The lowest BCUT2D eigenvalue weighted by Gasteiger charge is -2.19. The third-order valence-electron chi connectivity index (χ3n) is 4.79. The number of halogens is 3. The standard InChI is InChI=1S/C21H27F3N4O4S/c1-4-28(5-2)33(30,31)16-8-9-18(32-3)17(13-16)20(29)26-12-6-11-25-19-10-7-15(14-27-19)21(22,23)24/h7-10,13-14H,4-6,11-12H2,1-3H3,(H,25,27)(H,26,29). The van der Waals surface area contributed by atoms with Crippen LogP contribution in [0.1, 0.15) is 36.2 Å². The number of pyridine rings is 1. The summed E-state index contributed by atoms with van der Waals surface area (Å²) in [5.74, 6) is 0.0134. The first kappa shape index (κ1) is 26.4. The SMILES string of the molecule is CCN(CC)S(=O)(=O)c1ccc(OC)c(C(=O)NCCCNc2ccc(C(F)(F)F)cn2)c1. The van der Waals surface area contributed by atoms with Crippen molar-refractivity contribution >= 4 is 21.7 Å². The Kier molecular flexibility index (Phi) is 9.06. The molecule has 0 saturated heterocycles. The average molecular weight is 489 g/mol. The molecule has 33 heavy (non-hydrogen) atoms. The van der Waals surface area contributed by atoms with Gasteiger partial charge in [0.05, 0.1) is 23.1 Å². The van der Waals surface area contributed by atoms with Crippen molar-refractivity contribution in [1.82, 2.24) is 14.6 Å². The van der Waals surface area contributed by atoms with Gasteiger partial charge in [0.1, 0.15) is 11.6 Å². The number of nitrogens with one attached hydrogen (secondary N) is 2. The maximum atomic E-state index is 12.8. The summed E-state index contributed by atoms with van der Waals surface area (Å²) < 4.78 is 69.7. The minimum atomic E-state index is -4.45. The first-order chi connectivity index (χ1) is 15.5. The van der Waals surface area contributed by atoms with Gasteiger partial charge in [-0.25, -0.2) is 13.4 Å². The number of anilines is 1. The Morgan fingerprint density at radius 1 is 1.12 bits per heavy atom. The predicted molar refractivity (Wildman–Crippen MR) is 118 cm³/mol. The van der Waals surface area contributed by atoms with Crippen LogP contribution in [-0.2, 0) is 16.2 Å². The Balaban J connectivity index is 1.96. The molecule has 8 nitrogen and oxygen atoms in total. The molecule has 182 valence electrons. The van der Waals surface area contributed by atoms with Crippen molar-refractivity contribution in [1.29, 1.82) is 0 Å². The van der Waals surface area contributed by atoms with Crippen molar-refractivity contribution < 1.29 is 31.1 Å². The topological polar surface area (TPSA) is 101 Å². The molecular weight excluding hydrogens is 461 g/mol. The van der Waals surface area contributed by atoms with Crippen molar-refractivity contribution in [2.24, 2.45) is 0 Å². The molecule has 2 rings (SSSR count). The highest BCUT2D eigenvalue weighted by molar-refractivity contribution is 7.89. The molecule has 0 fully saturated rings. The monoisotopic (exact) mass is 488 g/mol. The Hall–Kier alpha value is -2.86. The summed E-state index contributed by atoms with van der Waals surface area (Å²) >= 11 is 0. The Morgan fingerprint density at radius 3 is 2.36 bits per heavy atom. The molecule has 12 heteroatoms. The summed E-state index contributed by atoms with van der Waals surface area (Å²) in [7, 11) is -2.36. The highest BCUT2D eigenvalue weighted by Gasteiger charge is 2.30. The second-order valence-corrected chi connectivity index (χ2v) is 8.86. The van der Waals surface area contributed by atoms with Crippen molar-refractivity contribution in [3.8, 4) is 5.75 Å². The zero-order chi connectivity index (χ0) is 24.6. The van der Waals surface area contributed by atoms with Crippen molar-refractivity contribution in [3.05, 3.63) is 47.7 Å². The smallest absolute Gasteiger partial charge is 0.417 e. The van der Waals surface area contributed by atoms with Gasteiger partial charge in [-0.2, -0.15) is 17.5 Å². The third kappa shape index (κ3) is 6.81. The lowest BCUT2D eigenvalue weighted by molar-refractivity contribution is -0.137. The van der Waals surface area contributed by atoms with Crippen molar-refractivity contribution in [3.63, 3.8) is 0 Å². The van der Waals surface area contributed by atoms with E-state index < -0.39 is 27.7 Å². The van der Waals surface area contributed by atoms with Gasteiger partial charge in [-0.05, 0) is 36.8 Å². The first-order valence-corrected chi connectivity index (χ1v) is 11.7. The Morgan fingerprint density at radius 2 is 1.82 bits per heavy atom. The largest absolute Gasteiger partial charge is 0.496 e. The normalized spacial score (nSPS) is 12.0. The highest BCUT2D eigenvalue weighted by Crippen LogP contribution is 2.29. The predicted octanol–water partition coefficient (Wildman–Crippen LogP) is 3.37. The number of rotatable bonds is 11. The van der Waals surface area contributed by atoms with E-state index in [4.69, 9.17) is 4.74 Å². The van der Waals surface area contributed by atoms with E-state index in [1.807, 2.05) is 0 Å². The van der Waals surface area contributed by atoms with Gasteiger partial charge in [0.2, 0.25) is 10.0 Å². The Labute approximate surface area is 191 Å². The first-order valence-electron chi connectivity index (χ1n) is 10.3. The van der Waals surface area contributed by atoms with E-state index in [1.165, 1.54) is 35.7 Å². The lowest BCUT2D eigenvalue weighted by Crippen LogP contribution is -2.31. The molecule has 1 amide bonds. The maximum Gasteiger partial charge on any atom is 0.417 e. The van der Waals surface area contributed by atoms with Gasteiger partial charge in [-0.1, -0.05) is 13.8 Å². The van der Waals surface area contributed by atoms with Crippen LogP contribution in [0, 0.1) is 0 Å². The number of carbonyl (C=O) groups is 1. The molecule has 0 bridgehead atoms. The highest BCUT2D eigenvalue weighted by atomic mass is 32.2. The van der Waals surface area contributed by atoms with Gasteiger partial charge in [0, 0.05) is 32.4 Å². The zero-order valence-corrected chi connectivity index (χ0v) is 19.4. The van der Waals surface area contributed by atoms with Gasteiger partial charge in [-0.3, -0.25) is 4.79 Å². The molecule has 0 aliphatic carbocycles. The van der Waals surface area contributed by atoms with E-state index in [2.05, 4.69) is 15.6 Å². The summed E-state index contributed by atoms with van der Waals surface area (Å²) in [6.07, 6.45) is -3.25. The van der Waals surface area contributed by atoms with E-state index in [-0.39, 0.29) is 28.6 Å². The number of methoxy groups -OCH3 is 1. The van der Waals surface area contributed by atoms with Crippen LogP contribution in [0.5, 0.6) is 5.75 Å². The number of aromatic nitrogens is 1. The number of alkyl halides is 3. The van der Waals surface area contributed by atoms with Gasteiger partial charge in [0.15, 0.2) is 0 Å². The van der Waals surface area contributed by atoms with Gasteiger partial charge < -0.3 is 15.4 Å². The lowest BCUT2D eigenvalue weighted by atomic mass is 10.2. The molecule has 0 atom stereocenters. The second-order valence-electron chi connectivity index (χ2n) is 6.92. The van der Waals surface area contributed by atoms with Gasteiger partial charge in [0.25, 0.3) is 5.91 Å². The number of hydrogen-bond acceptors (Lipinski definition) is 6. The van der Waals surface area contributed by atoms with E-state index in [0.717, 1.165) is 12.3 Å². The Bertz CT molecular complexity index is 1040. The van der Waals surface area contributed by atoms with Crippen LogP contribution < -0.4 is 15.4 Å². The van der Waals surface area contributed by atoms with Crippen LogP contribution >= 0.6 is 0 Å². The fourth-order valence-corrected chi connectivity index (χ4v) is 4.49. The number of amides is 1. The fraction of sp³-hybridized carbons (Fsp3) is 0.429. The summed E-state index contributed by atoms with van der Waals surface area (Å²) in [4.78, 5) is 16.3. The quantitative estimate of drug-likeness (QED) is 0.471. The van der Waals surface area contributed by atoms with Gasteiger partial charge in [-0.15, -0.1) is 0 Å². The molecule has 1 heterocycles. The molecule has 0 saturated carbocycles. The summed E-state index contributed by atoms with van der Waals surface area (Å²) in [6.45, 7) is 4.65. The van der Waals surface area contributed by atoms with E-state index in [9.17, 15) is 26.4 Å². The third-order valence-corrected chi connectivity index (χ3v) is 6.84.